The molecule has 1 saturated heterocycles. The minimum absolute atomic E-state index is 0.144. The average molecular weight is 305 g/mol. The van der Waals surface area contributed by atoms with Crippen molar-refractivity contribution in [1.82, 2.24) is 25.0 Å². The SMILES string of the molecule is CC1=C(C(=O)N2CCN(Cc3n[nH]c(C)n3)CC2)CCCO1. The van der Waals surface area contributed by atoms with Crippen LogP contribution in [0, 0.1) is 6.92 Å². The summed E-state index contributed by atoms with van der Waals surface area (Å²) >= 11 is 0. The molecule has 2 aliphatic heterocycles. The van der Waals surface area contributed by atoms with Gasteiger partial charge in [0, 0.05) is 26.2 Å². The van der Waals surface area contributed by atoms with E-state index in [2.05, 4.69) is 20.1 Å². The number of carbonyl (C=O) groups is 1. The van der Waals surface area contributed by atoms with Crippen molar-refractivity contribution in [3.05, 3.63) is 23.0 Å². The Morgan fingerprint density at radius 1 is 1.27 bits per heavy atom. The van der Waals surface area contributed by atoms with Crippen LogP contribution in [0.5, 0.6) is 0 Å². The van der Waals surface area contributed by atoms with E-state index in [1.807, 2.05) is 18.7 Å². The molecule has 1 amide bonds. The van der Waals surface area contributed by atoms with Crippen LogP contribution in [-0.2, 0) is 16.1 Å². The molecule has 7 heteroatoms. The number of piperazine rings is 1. The molecule has 0 atom stereocenters. The largest absolute Gasteiger partial charge is 0.498 e. The number of ether oxygens (including phenoxy) is 1. The van der Waals surface area contributed by atoms with Gasteiger partial charge >= 0.3 is 0 Å². The molecule has 0 radical (unpaired) electrons. The van der Waals surface area contributed by atoms with Crippen molar-refractivity contribution >= 4 is 5.91 Å². The van der Waals surface area contributed by atoms with Crippen LogP contribution >= 0.6 is 0 Å². The summed E-state index contributed by atoms with van der Waals surface area (Å²) in [6.45, 7) is 8.46. The topological polar surface area (TPSA) is 74.4 Å². The van der Waals surface area contributed by atoms with Gasteiger partial charge < -0.3 is 9.64 Å². The Balaban J connectivity index is 1.54. The molecule has 2 aliphatic rings. The minimum atomic E-state index is 0.144. The molecular weight excluding hydrogens is 282 g/mol. The van der Waals surface area contributed by atoms with E-state index in [1.54, 1.807) is 0 Å². The number of H-pyrrole nitrogens is 1. The number of nitrogens with zero attached hydrogens (tertiary/aromatic N) is 4. The van der Waals surface area contributed by atoms with Crippen LogP contribution in [0.3, 0.4) is 0 Å². The summed E-state index contributed by atoms with van der Waals surface area (Å²) in [5.74, 6) is 2.60. The van der Waals surface area contributed by atoms with Gasteiger partial charge in [0.05, 0.1) is 18.7 Å². The molecule has 22 heavy (non-hydrogen) atoms. The molecule has 3 rings (SSSR count). The Morgan fingerprint density at radius 2 is 2.05 bits per heavy atom. The number of nitrogens with one attached hydrogen (secondary N) is 1. The summed E-state index contributed by atoms with van der Waals surface area (Å²) < 4.78 is 5.51. The first-order chi connectivity index (χ1) is 10.6. The monoisotopic (exact) mass is 305 g/mol. The lowest BCUT2D eigenvalue weighted by molar-refractivity contribution is -0.129. The first-order valence-corrected chi connectivity index (χ1v) is 7.85. The van der Waals surface area contributed by atoms with Gasteiger partial charge in [-0.15, -0.1) is 0 Å². The zero-order valence-corrected chi connectivity index (χ0v) is 13.3. The maximum absolute atomic E-state index is 12.6. The second kappa shape index (κ2) is 6.48. The summed E-state index contributed by atoms with van der Waals surface area (Å²) in [5, 5.41) is 7.03. The van der Waals surface area contributed by atoms with E-state index in [1.165, 1.54) is 0 Å². The summed E-state index contributed by atoms with van der Waals surface area (Å²) in [6.07, 6.45) is 1.77. The molecule has 1 aromatic rings. The molecule has 0 saturated carbocycles. The summed E-state index contributed by atoms with van der Waals surface area (Å²) in [7, 11) is 0. The molecule has 1 N–H and O–H groups in total. The van der Waals surface area contributed by atoms with Crippen LogP contribution in [0.25, 0.3) is 0 Å². The third-order valence-electron chi connectivity index (χ3n) is 4.24. The molecular formula is C15H23N5O2. The fourth-order valence-corrected chi connectivity index (χ4v) is 2.95. The lowest BCUT2D eigenvalue weighted by Crippen LogP contribution is -2.49. The zero-order chi connectivity index (χ0) is 15.5. The van der Waals surface area contributed by atoms with Crippen molar-refractivity contribution in [3.8, 4) is 0 Å². The van der Waals surface area contributed by atoms with Gasteiger partial charge in [0.2, 0.25) is 0 Å². The number of amides is 1. The molecule has 0 aliphatic carbocycles. The van der Waals surface area contributed by atoms with Gasteiger partial charge in [-0.25, -0.2) is 4.98 Å². The smallest absolute Gasteiger partial charge is 0.253 e. The highest BCUT2D eigenvalue weighted by Crippen LogP contribution is 2.21. The highest BCUT2D eigenvalue weighted by atomic mass is 16.5. The average Bonchev–Trinajstić information content (AvgIpc) is 2.93. The highest BCUT2D eigenvalue weighted by Gasteiger charge is 2.26. The van der Waals surface area contributed by atoms with E-state index in [-0.39, 0.29) is 5.91 Å². The predicted octanol–water partition coefficient (Wildman–Crippen LogP) is 0.842. The molecule has 1 aromatic heterocycles. The van der Waals surface area contributed by atoms with Gasteiger partial charge in [-0.1, -0.05) is 0 Å². The van der Waals surface area contributed by atoms with E-state index in [0.29, 0.717) is 0 Å². The van der Waals surface area contributed by atoms with Crippen LogP contribution in [0.15, 0.2) is 11.3 Å². The van der Waals surface area contributed by atoms with E-state index >= 15 is 0 Å². The molecule has 3 heterocycles. The Labute approximate surface area is 130 Å². The van der Waals surface area contributed by atoms with Crippen LogP contribution in [0.4, 0.5) is 0 Å². The molecule has 0 unspecified atom stereocenters. The summed E-state index contributed by atoms with van der Waals surface area (Å²) in [5.41, 5.74) is 0.851. The Bertz CT molecular complexity index is 572. The fourth-order valence-electron chi connectivity index (χ4n) is 2.95. The standard InChI is InChI=1S/C15H23N5O2/c1-11-13(4-3-9-22-11)15(21)20-7-5-19(6-8-20)10-14-16-12(2)17-18-14/h3-10H2,1-2H3,(H,16,17,18). The Kier molecular flexibility index (Phi) is 4.42. The molecule has 0 aromatic carbocycles. The van der Waals surface area contributed by atoms with Crippen molar-refractivity contribution in [3.63, 3.8) is 0 Å². The van der Waals surface area contributed by atoms with Gasteiger partial charge in [-0.3, -0.25) is 14.8 Å². The Hall–Kier alpha value is -1.89. The quantitative estimate of drug-likeness (QED) is 0.896. The van der Waals surface area contributed by atoms with E-state index in [0.717, 1.165) is 75.2 Å². The van der Waals surface area contributed by atoms with Crippen molar-refractivity contribution in [2.75, 3.05) is 32.8 Å². The lowest BCUT2D eigenvalue weighted by Gasteiger charge is -2.35. The number of aromatic nitrogens is 3. The number of carbonyl (C=O) groups excluding carboxylic acids is 1. The van der Waals surface area contributed by atoms with Crippen molar-refractivity contribution < 1.29 is 9.53 Å². The van der Waals surface area contributed by atoms with Gasteiger partial charge in [0.25, 0.3) is 5.91 Å². The maximum atomic E-state index is 12.6. The molecule has 1 fully saturated rings. The first-order valence-electron chi connectivity index (χ1n) is 7.85. The van der Waals surface area contributed by atoms with Gasteiger partial charge in [0.1, 0.15) is 11.6 Å². The van der Waals surface area contributed by atoms with Crippen LogP contribution < -0.4 is 0 Å². The maximum Gasteiger partial charge on any atom is 0.253 e. The minimum Gasteiger partial charge on any atom is -0.498 e. The number of hydrogen-bond acceptors (Lipinski definition) is 5. The fraction of sp³-hybridized carbons (Fsp3) is 0.667. The highest BCUT2D eigenvalue weighted by molar-refractivity contribution is 5.94. The van der Waals surface area contributed by atoms with Crippen molar-refractivity contribution in [2.24, 2.45) is 0 Å². The number of rotatable bonds is 3. The molecule has 0 spiro atoms. The number of allylic oxidation sites excluding steroid dienone is 1. The second-order valence-electron chi connectivity index (χ2n) is 5.89. The predicted molar refractivity (Wildman–Crippen MR) is 80.9 cm³/mol. The van der Waals surface area contributed by atoms with E-state index < -0.39 is 0 Å². The lowest BCUT2D eigenvalue weighted by atomic mass is 10.1. The van der Waals surface area contributed by atoms with Crippen LogP contribution in [-0.4, -0.2) is 63.7 Å². The zero-order valence-electron chi connectivity index (χ0n) is 13.3. The number of aromatic amines is 1. The first kappa shape index (κ1) is 15.0. The van der Waals surface area contributed by atoms with Crippen LogP contribution in [0.1, 0.15) is 31.4 Å². The van der Waals surface area contributed by atoms with Crippen molar-refractivity contribution in [2.45, 2.75) is 33.2 Å². The van der Waals surface area contributed by atoms with E-state index in [9.17, 15) is 4.79 Å². The summed E-state index contributed by atoms with van der Waals surface area (Å²) in [4.78, 5) is 21.1. The third-order valence-corrected chi connectivity index (χ3v) is 4.24. The number of hydrogen-bond donors (Lipinski definition) is 1. The van der Waals surface area contributed by atoms with E-state index in [4.69, 9.17) is 4.74 Å². The van der Waals surface area contributed by atoms with Gasteiger partial charge in [-0.05, 0) is 26.7 Å². The molecule has 0 bridgehead atoms. The van der Waals surface area contributed by atoms with Gasteiger partial charge in [-0.2, -0.15) is 5.10 Å². The van der Waals surface area contributed by atoms with Crippen LogP contribution in [0.2, 0.25) is 0 Å². The normalized spacial score (nSPS) is 20.2. The third kappa shape index (κ3) is 3.30. The molecule has 120 valence electrons. The second-order valence-corrected chi connectivity index (χ2v) is 5.89. The molecule has 7 nitrogen and oxygen atoms in total. The summed E-state index contributed by atoms with van der Waals surface area (Å²) in [6, 6.07) is 0. The van der Waals surface area contributed by atoms with Crippen molar-refractivity contribution in [1.29, 1.82) is 0 Å². The van der Waals surface area contributed by atoms with Gasteiger partial charge in [0.15, 0.2) is 5.82 Å². The Morgan fingerprint density at radius 3 is 2.68 bits per heavy atom. The number of aryl methyl sites for hydroxylation is 1.